The summed E-state index contributed by atoms with van der Waals surface area (Å²) in [6.45, 7) is 1.73. The van der Waals surface area contributed by atoms with Crippen molar-refractivity contribution in [3.63, 3.8) is 0 Å². The van der Waals surface area contributed by atoms with E-state index in [1.54, 1.807) is 13.0 Å². The Balaban J connectivity index is 2.82. The van der Waals surface area contributed by atoms with Crippen LogP contribution in [0.5, 0.6) is 11.5 Å². The van der Waals surface area contributed by atoms with Crippen molar-refractivity contribution in [2.75, 3.05) is 6.61 Å². The van der Waals surface area contributed by atoms with Gasteiger partial charge in [0.1, 0.15) is 11.5 Å². The number of phenolic OH excluding ortho intramolecular Hbond substituents is 2. The number of hydrogen-bond donors (Lipinski definition) is 3. The molecule has 3 N–H and O–H groups in total. The third kappa shape index (κ3) is 2.74. The topological polar surface area (TPSA) is 73.1 Å². The van der Waals surface area contributed by atoms with Crippen molar-refractivity contribution in [3.05, 3.63) is 23.8 Å². The summed E-state index contributed by atoms with van der Waals surface area (Å²) in [6.07, 6.45) is 1.47. The molecule has 0 saturated carbocycles. The van der Waals surface area contributed by atoms with Crippen LogP contribution >= 0.6 is 0 Å². The van der Waals surface area contributed by atoms with Crippen LogP contribution in [0.15, 0.2) is 23.2 Å². The summed E-state index contributed by atoms with van der Waals surface area (Å²) in [6, 6.07) is 4.07. The molecule has 1 aromatic rings. The lowest BCUT2D eigenvalue weighted by atomic mass is 10.2. The lowest BCUT2D eigenvalue weighted by molar-refractivity contribution is 0.275. The van der Waals surface area contributed by atoms with Gasteiger partial charge in [0.15, 0.2) is 0 Å². The number of aromatic hydroxyl groups is 2. The molecule has 1 aromatic carbocycles. The normalized spacial score (nSPS) is 13.3. The van der Waals surface area contributed by atoms with Gasteiger partial charge in [-0.2, -0.15) is 0 Å². The quantitative estimate of drug-likeness (QED) is 0.627. The van der Waals surface area contributed by atoms with E-state index in [1.165, 1.54) is 18.3 Å². The molecule has 0 aliphatic heterocycles. The van der Waals surface area contributed by atoms with Gasteiger partial charge in [-0.15, -0.1) is 0 Å². The Kier molecular flexibility index (Phi) is 3.48. The fourth-order valence-electron chi connectivity index (χ4n) is 0.896. The van der Waals surface area contributed by atoms with E-state index in [4.69, 9.17) is 10.2 Å². The summed E-state index contributed by atoms with van der Waals surface area (Å²) in [5.74, 6) is -0.0197. The van der Waals surface area contributed by atoms with Gasteiger partial charge in [-0.1, -0.05) is 0 Å². The molecule has 1 rings (SSSR count). The molecule has 14 heavy (non-hydrogen) atoms. The minimum absolute atomic E-state index is 0.00913. The first-order valence-corrected chi connectivity index (χ1v) is 4.29. The molecule has 0 heterocycles. The van der Waals surface area contributed by atoms with Gasteiger partial charge in [0.05, 0.1) is 12.6 Å². The van der Waals surface area contributed by atoms with Crippen molar-refractivity contribution in [2.24, 2.45) is 4.99 Å². The Morgan fingerprint density at radius 2 is 2.14 bits per heavy atom. The molecule has 4 heteroatoms. The van der Waals surface area contributed by atoms with Gasteiger partial charge in [0.2, 0.25) is 0 Å². The third-order valence-corrected chi connectivity index (χ3v) is 1.75. The molecule has 0 aliphatic carbocycles. The molecule has 0 saturated heterocycles. The fraction of sp³-hybridized carbons (Fsp3) is 0.300. The number of benzene rings is 1. The Hall–Kier alpha value is -1.55. The zero-order valence-corrected chi connectivity index (χ0v) is 7.88. The van der Waals surface area contributed by atoms with Crippen LogP contribution in [0.3, 0.4) is 0 Å². The minimum atomic E-state index is -0.191. The number of aliphatic hydroxyl groups excluding tert-OH is 1. The van der Waals surface area contributed by atoms with E-state index >= 15 is 0 Å². The van der Waals surface area contributed by atoms with Crippen LogP contribution in [-0.2, 0) is 0 Å². The van der Waals surface area contributed by atoms with Crippen LogP contribution in [0.25, 0.3) is 0 Å². The molecule has 0 aromatic heterocycles. The Morgan fingerprint density at radius 1 is 1.43 bits per heavy atom. The van der Waals surface area contributed by atoms with Crippen LogP contribution in [-0.4, -0.2) is 34.2 Å². The first-order chi connectivity index (χ1) is 6.63. The van der Waals surface area contributed by atoms with E-state index in [-0.39, 0.29) is 24.1 Å². The highest BCUT2D eigenvalue weighted by atomic mass is 16.3. The van der Waals surface area contributed by atoms with E-state index in [0.717, 1.165) is 0 Å². The van der Waals surface area contributed by atoms with Crippen LogP contribution in [0.4, 0.5) is 0 Å². The highest BCUT2D eigenvalue weighted by Crippen LogP contribution is 2.20. The lowest BCUT2D eigenvalue weighted by Gasteiger charge is -2.01. The molecule has 0 amide bonds. The second-order valence-corrected chi connectivity index (χ2v) is 3.05. The van der Waals surface area contributed by atoms with Crippen LogP contribution in [0.2, 0.25) is 0 Å². The van der Waals surface area contributed by atoms with Crippen molar-refractivity contribution < 1.29 is 15.3 Å². The second-order valence-electron chi connectivity index (χ2n) is 3.05. The molecule has 0 radical (unpaired) electrons. The molecule has 0 bridgehead atoms. The summed E-state index contributed by atoms with van der Waals surface area (Å²) >= 11 is 0. The number of nitrogens with zero attached hydrogens (tertiary/aromatic N) is 1. The maximum absolute atomic E-state index is 9.36. The zero-order valence-electron chi connectivity index (χ0n) is 7.88. The van der Waals surface area contributed by atoms with Gasteiger partial charge in [0.25, 0.3) is 0 Å². The number of aliphatic imine (C=N–C) groups is 1. The van der Waals surface area contributed by atoms with Crippen molar-refractivity contribution >= 4 is 6.21 Å². The van der Waals surface area contributed by atoms with Crippen molar-refractivity contribution in [1.29, 1.82) is 0 Å². The number of aliphatic hydroxyl groups is 1. The van der Waals surface area contributed by atoms with Crippen LogP contribution in [0, 0.1) is 0 Å². The maximum Gasteiger partial charge on any atom is 0.128 e. The van der Waals surface area contributed by atoms with Gasteiger partial charge in [-0.3, -0.25) is 4.99 Å². The maximum atomic E-state index is 9.36. The fourth-order valence-corrected chi connectivity index (χ4v) is 0.896. The summed E-state index contributed by atoms with van der Waals surface area (Å²) in [7, 11) is 0. The molecule has 0 spiro atoms. The molecule has 0 fully saturated rings. The highest BCUT2D eigenvalue weighted by molar-refractivity contribution is 5.83. The van der Waals surface area contributed by atoms with E-state index < -0.39 is 0 Å². The minimum Gasteiger partial charge on any atom is -0.508 e. The summed E-state index contributed by atoms with van der Waals surface area (Å²) < 4.78 is 0. The van der Waals surface area contributed by atoms with Crippen molar-refractivity contribution in [2.45, 2.75) is 13.0 Å². The molecular weight excluding hydrogens is 182 g/mol. The second kappa shape index (κ2) is 4.62. The summed E-state index contributed by atoms with van der Waals surface area (Å²) in [4.78, 5) is 3.99. The van der Waals surface area contributed by atoms with Crippen LogP contribution < -0.4 is 0 Å². The molecule has 4 nitrogen and oxygen atoms in total. The first kappa shape index (κ1) is 10.5. The van der Waals surface area contributed by atoms with Crippen molar-refractivity contribution in [3.8, 4) is 11.5 Å². The number of phenols is 2. The smallest absolute Gasteiger partial charge is 0.128 e. The van der Waals surface area contributed by atoms with Gasteiger partial charge >= 0.3 is 0 Å². The summed E-state index contributed by atoms with van der Waals surface area (Å²) in [5, 5.41) is 27.1. The van der Waals surface area contributed by atoms with Gasteiger partial charge < -0.3 is 15.3 Å². The van der Waals surface area contributed by atoms with Gasteiger partial charge in [0, 0.05) is 17.8 Å². The number of hydrogen-bond acceptors (Lipinski definition) is 4. The highest BCUT2D eigenvalue weighted by Gasteiger charge is 2.00. The first-order valence-electron chi connectivity index (χ1n) is 4.29. The molecule has 0 aliphatic rings. The van der Waals surface area contributed by atoms with Crippen molar-refractivity contribution in [1.82, 2.24) is 0 Å². The number of rotatable bonds is 3. The van der Waals surface area contributed by atoms with Gasteiger partial charge in [-0.25, -0.2) is 0 Å². The van der Waals surface area contributed by atoms with Gasteiger partial charge in [-0.05, 0) is 19.1 Å². The Labute approximate surface area is 82.2 Å². The zero-order chi connectivity index (χ0) is 10.6. The largest absolute Gasteiger partial charge is 0.508 e. The third-order valence-electron chi connectivity index (χ3n) is 1.75. The monoisotopic (exact) mass is 195 g/mol. The standard InChI is InChI=1S/C10H13NO3/c1-7(6-12)11-5-8-2-3-9(13)4-10(8)14/h2-5,7,12-14H,6H2,1H3. The average Bonchev–Trinajstić information content (AvgIpc) is 2.16. The SMILES string of the molecule is CC(CO)N=Cc1ccc(O)cc1O. The summed E-state index contributed by atoms with van der Waals surface area (Å²) in [5.41, 5.74) is 0.517. The predicted octanol–water partition coefficient (Wildman–Crippen LogP) is 0.897. The van der Waals surface area contributed by atoms with E-state index in [2.05, 4.69) is 4.99 Å². The Bertz CT molecular complexity index is 336. The molecule has 1 unspecified atom stereocenters. The molecule has 1 atom stereocenters. The van der Waals surface area contributed by atoms with E-state index in [9.17, 15) is 5.11 Å². The van der Waals surface area contributed by atoms with E-state index in [0.29, 0.717) is 5.56 Å². The average molecular weight is 195 g/mol. The van der Waals surface area contributed by atoms with Crippen LogP contribution in [0.1, 0.15) is 12.5 Å². The molecular formula is C10H13NO3. The molecule has 76 valence electrons. The predicted molar refractivity (Wildman–Crippen MR) is 53.9 cm³/mol. The van der Waals surface area contributed by atoms with E-state index in [1.807, 2.05) is 0 Å². The lowest BCUT2D eigenvalue weighted by Crippen LogP contribution is -2.03. The Morgan fingerprint density at radius 3 is 2.71 bits per heavy atom.